The summed E-state index contributed by atoms with van der Waals surface area (Å²) in [5, 5.41) is 26.0. The molecular formula is C18H35N7O6. The van der Waals surface area contributed by atoms with Gasteiger partial charge in [0.2, 0.25) is 17.7 Å². The molecule has 0 aromatic rings. The van der Waals surface area contributed by atoms with E-state index < -0.39 is 47.9 Å². The number of amides is 3. The van der Waals surface area contributed by atoms with Crippen LogP contribution in [-0.4, -0.2) is 77.2 Å². The normalized spacial score (nSPS) is 14.6. The SMILES string of the molecule is CC(C)CC(NC(=O)CN)C(=O)NC(CCCN=C(N)N)C(=O)NC(C(=O)O)C(C)O. The molecule has 11 N–H and O–H groups in total. The van der Waals surface area contributed by atoms with Crippen molar-refractivity contribution in [3.8, 4) is 0 Å². The maximum atomic E-state index is 12.8. The van der Waals surface area contributed by atoms with E-state index in [1.807, 2.05) is 13.8 Å². The summed E-state index contributed by atoms with van der Waals surface area (Å²) in [6.45, 7) is 4.80. The highest BCUT2D eigenvalue weighted by atomic mass is 16.4. The topological polar surface area (TPSA) is 235 Å². The van der Waals surface area contributed by atoms with E-state index in [4.69, 9.17) is 17.2 Å². The number of aliphatic imine (C=N–C) groups is 1. The molecule has 13 heteroatoms. The van der Waals surface area contributed by atoms with Gasteiger partial charge in [-0.3, -0.25) is 19.4 Å². The van der Waals surface area contributed by atoms with Gasteiger partial charge < -0.3 is 43.4 Å². The van der Waals surface area contributed by atoms with Crippen molar-refractivity contribution in [2.24, 2.45) is 28.1 Å². The molecule has 0 spiro atoms. The van der Waals surface area contributed by atoms with Crippen molar-refractivity contribution in [1.82, 2.24) is 16.0 Å². The number of guanidine groups is 1. The summed E-state index contributed by atoms with van der Waals surface area (Å²) in [6, 6.07) is -3.64. The van der Waals surface area contributed by atoms with E-state index in [1.165, 1.54) is 6.92 Å². The largest absolute Gasteiger partial charge is 0.480 e. The molecule has 4 unspecified atom stereocenters. The highest BCUT2D eigenvalue weighted by molar-refractivity contribution is 5.93. The predicted octanol–water partition coefficient (Wildman–Crippen LogP) is -3.04. The maximum absolute atomic E-state index is 12.8. The number of aliphatic hydroxyl groups is 1. The van der Waals surface area contributed by atoms with E-state index in [0.717, 1.165) is 0 Å². The number of aliphatic hydroxyl groups excluding tert-OH is 1. The first-order valence-electron chi connectivity index (χ1n) is 9.95. The molecule has 0 heterocycles. The van der Waals surface area contributed by atoms with Gasteiger partial charge in [-0.25, -0.2) is 4.79 Å². The zero-order valence-electron chi connectivity index (χ0n) is 18.1. The zero-order chi connectivity index (χ0) is 24.1. The molecule has 0 radical (unpaired) electrons. The van der Waals surface area contributed by atoms with E-state index in [-0.39, 0.29) is 31.4 Å². The van der Waals surface area contributed by atoms with Crippen LogP contribution in [0.2, 0.25) is 0 Å². The summed E-state index contributed by atoms with van der Waals surface area (Å²) < 4.78 is 0. The second-order valence-electron chi connectivity index (χ2n) is 7.53. The highest BCUT2D eigenvalue weighted by Crippen LogP contribution is 2.07. The Morgan fingerprint density at radius 1 is 0.968 bits per heavy atom. The number of hydrogen-bond acceptors (Lipinski definition) is 7. The summed E-state index contributed by atoms with van der Waals surface area (Å²) in [5.41, 5.74) is 15.8. The lowest BCUT2D eigenvalue weighted by molar-refractivity contribution is -0.145. The molecule has 0 saturated heterocycles. The summed E-state index contributed by atoms with van der Waals surface area (Å²) >= 11 is 0. The van der Waals surface area contributed by atoms with Gasteiger partial charge in [0, 0.05) is 6.54 Å². The van der Waals surface area contributed by atoms with Gasteiger partial charge in [-0.2, -0.15) is 0 Å². The number of carbonyl (C=O) groups excluding carboxylic acids is 3. The summed E-state index contributed by atoms with van der Waals surface area (Å²) in [4.78, 5) is 52.2. The number of carbonyl (C=O) groups is 4. The molecule has 31 heavy (non-hydrogen) atoms. The third-order valence-corrected chi connectivity index (χ3v) is 4.17. The van der Waals surface area contributed by atoms with Crippen molar-refractivity contribution in [1.29, 1.82) is 0 Å². The number of hydrogen-bond donors (Lipinski definition) is 8. The van der Waals surface area contributed by atoms with Crippen LogP contribution < -0.4 is 33.2 Å². The number of nitrogens with two attached hydrogens (primary N) is 3. The van der Waals surface area contributed by atoms with Crippen molar-refractivity contribution >= 4 is 29.7 Å². The Labute approximate surface area is 181 Å². The average molecular weight is 446 g/mol. The molecule has 0 bridgehead atoms. The van der Waals surface area contributed by atoms with E-state index >= 15 is 0 Å². The van der Waals surface area contributed by atoms with Crippen LogP contribution in [0.5, 0.6) is 0 Å². The Bertz CT molecular complexity index is 649. The lowest BCUT2D eigenvalue weighted by Crippen LogP contribution is -2.57. The minimum atomic E-state index is -1.56. The van der Waals surface area contributed by atoms with Crippen LogP contribution in [0.1, 0.15) is 40.0 Å². The number of rotatable bonds is 14. The second-order valence-corrected chi connectivity index (χ2v) is 7.53. The van der Waals surface area contributed by atoms with Gasteiger partial charge in [0.05, 0.1) is 12.6 Å². The Morgan fingerprint density at radius 2 is 1.55 bits per heavy atom. The van der Waals surface area contributed by atoms with Crippen LogP contribution in [-0.2, 0) is 19.2 Å². The van der Waals surface area contributed by atoms with E-state index in [1.54, 1.807) is 0 Å². The average Bonchev–Trinajstić information content (AvgIpc) is 2.66. The van der Waals surface area contributed by atoms with Gasteiger partial charge in [0.15, 0.2) is 12.0 Å². The molecule has 0 fully saturated rings. The van der Waals surface area contributed by atoms with Crippen LogP contribution in [0.15, 0.2) is 4.99 Å². The first-order chi connectivity index (χ1) is 14.4. The molecule has 178 valence electrons. The minimum Gasteiger partial charge on any atom is -0.480 e. The Morgan fingerprint density at radius 3 is 2.00 bits per heavy atom. The minimum absolute atomic E-state index is 0.0506. The van der Waals surface area contributed by atoms with Crippen LogP contribution in [0, 0.1) is 5.92 Å². The molecule has 4 atom stereocenters. The van der Waals surface area contributed by atoms with Crippen molar-refractivity contribution in [2.45, 2.75) is 64.3 Å². The van der Waals surface area contributed by atoms with Crippen LogP contribution in [0.4, 0.5) is 0 Å². The molecule has 0 rings (SSSR count). The van der Waals surface area contributed by atoms with E-state index in [0.29, 0.717) is 12.8 Å². The standard InChI is InChI=1S/C18H35N7O6/c1-9(2)7-12(23-13(27)8-19)16(29)24-11(5-4-6-22-18(20)21)15(28)25-14(10(3)26)17(30)31/h9-12,14,26H,4-8,19H2,1-3H3,(H,23,27)(H,24,29)(H,25,28)(H,30,31)(H4,20,21,22). The van der Waals surface area contributed by atoms with Gasteiger partial charge >= 0.3 is 5.97 Å². The molecule has 0 saturated carbocycles. The van der Waals surface area contributed by atoms with Crippen molar-refractivity contribution < 1.29 is 29.4 Å². The summed E-state index contributed by atoms with van der Waals surface area (Å²) in [7, 11) is 0. The molecular weight excluding hydrogens is 410 g/mol. The zero-order valence-corrected chi connectivity index (χ0v) is 18.1. The van der Waals surface area contributed by atoms with Gasteiger partial charge in [0.1, 0.15) is 12.1 Å². The number of nitrogens with zero attached hydrogens (tertiary/aromatic N) is 1. The maximum Gasteiger partial charge on any atom is 0.328 e. The lowest BCUT2D eigenvalue weighted by Gasteiger charge is -2.25. The molecule has 0 aliphatic rings. The Balaban J connectivity index is 5.46. The molecule has 0 aliphatic carbocycles. The van der Waals surface area contributed by atoms with Crippen LogP contribution in [0.25, 0.3) is 0 Å². The van der Waals surface area contributed by atoms with Gasteiger partial charge in [-0.1, -0.05) is 13.8 Å². The van der Waals surface area contributed by atoms with Crippen LogP contribution in [0.3, 0.4) is 0 Å². The van der Waals surface area contributed by atoms with Crippen molar-refractivity contribution in [3.63, 3.8) is 0 Å². The molecule has 0 aromatic heterocycles. The Hall–Kier alpha value is -2.93. The van der Waals surface area contributed by atoms with Crippen molar-refractivity contribution in [2.75, 3.05) is 13.1 Å². The third kappa shape index (κ3) is 11.7. The van der Waals surface area contributed by atoms with E-state index in [9.17, 15) is 29.4 Å². The van der Waals surface area contributed by atoms with Crippen molar-refractivity contribution in [3.05, 3.63) is 0 Å². The fraction of sp³-hybridized carbons (Fsp3) is 0.722. The summed E-state index contributed by atoms with van der Waals surface area (Å²) in [5.74, 6) is -3.47. The molecule has 0 aliphatic heterocycles. The first kappa shape index (κ1) is 28.1. The molecule has 0 aromatic carbocycles. The molecule has 13 nitrogen and oxygen atoms in total. The second kappa shape index (κ2) is 14.1. The smallest absolute Gasteiger partial charge is 0.328 e. The van der Waals surface area contributed by atoms with Gasteiger partial charge in [-0.05, 0) is 32.1 Å². The molecule has 3 amide bonds. The predicted molar refractivity (Wildman–Crippen MR) is 114 cm³/mol. The number of carboxylic acid groups (broad SMARTS) is 1. The lowest BCUT2D eigenvalue weighted by atomic mass is 10.0. The number of carboxylic acids is 1. The third-order valence-electron chi connectivity index (χ3n) is 4.17. The fourth-order valence-corrected chi connectivity index (χ4v) is 2.64. The van der Waals surface area contributed by atoms with Gasteiger partial charge in [0.25, 0.3) is 0 Å². The highest BCUT2D eigenvalue weighted by Gasteiger charge is 2.31. The van der Waals surface area contributed by atoms with E-state index in [2.05, 4.69) is 20.9 Å². The van der Waals surface area contributed by atoms with Gasteiger partial charge in [-0.15, -0.1) is 0 Å². The van der Waals surface area contributed by atoms with Crippen LogP contribution >= 0.6 is 0 Å². The monoisotopic (exact) mass is 445 g/mol. The Kier molecular flexibility index (Phi) is 12.8. The fourth-order valence-electron chi connectivity index (χ4n) is 2.64. The quantitative estimate of drug-likeness (QED) is 0.0769. The summed E-state index contributed by atoms with van der Waals surface area (Å²) in [6.07, 6.45) is -0.686. The number of aliphatic carboxylic acids is 1. The first-order valence-corrected chi connectivity index (χ1v) is 9.95. The number of nitrogens with one attached hydrogen (secondary N) is 3.